The van der Waals surface area contributed by atoms with E-state index in [4.69, 9.17) is 10.00 Å². The Kier molecular flexibility index (Phi) is 5.04. The van der Waals surface area contributed by atoms with Crippen LogP contribution in [0.5, 0.6) is 5.75 Å². The van der Waals surface area contributed by atoms with Gasteiger partial charge >= 0.3 is 0 Å². The predicted molar refractivity (Wildman–Crippen MR) is 79.4 cm³/mol. The Morgan fingerprint density at radius 3 is 2.68 bits per heavy atom. The van der Waals surface area contributed by atoms with Gasteiger partial charge in [-0.1, -0.05) is 0 Å². The highest BCUT2D eigenvalue weighted by molar-refractivity contribution is 7.89. The lowest BCUT2D eigenvalue weighted by Crippen LogP contribution is -2.34. The van der Waals surface area contributed by atoms with Crippen LogP contribution in [0.4, 0.5) is 4.39 Å². The first-order valence-electron chi connectivity index (χ1n) is 7.12. The van der Waals surface area contributed by atoms with Gasteiger partial charge in [-0.15, -0.1) is 0 Å². The average molecular weight is 326 g/mol. The molecule has 1 aromatic rings. The molecule has 0 aliphatic heterocycles. The van der Waals surface area contributed by atoms with Crippen molar-refractivity contribution in [3.63, 3.8) is 0 Å². The summed E-state index contributed by atoms with van der Waals surface area (Å²) in [4.78, 5) is -0.0654. The SMILES string of the molecule is COc1ccc(S(=O)(=O)N(CCC#N)CC2CC2)c(C)c1F. The molecular formula is C15H19FN2O3S. The second kappa shape index (κ2) is 6.63. The van der Waals surface area contributed by atoms with Gasteiger partial charge < -0.3 is 4.74 Å². The highest BCUT2D eigenvalue weighted by Crippen LogP contribution is 2.33. The number of benzene rings is 1. The van der Waals surface area contributed by atoms with Crippen molar-refractivity contribution >= 4 is 10.0 Å². The van der Waals surface area contributed by atoms with Crippen molar-refractivity contribution in [1.29, 1.82) is 5.26 Å². The average Bonchev–Trinajstić information content (AvgIpc) is 3.29. The molecule has 0 amide bonds. The topological polar surface area (TPSA) is 70.4 Å². The zero-order valence-electron chi connectivity index (χ0n) is 12.7. The van der Waals surface area contributed by atoms with Crippen molar-refractivity contribution in [1.82, 2.24) is 4.31 Å². The smallest absolute Gasteiger partial charge is 0.243 e. The maximum Gasteiger partial charge on any atom is 0.243 e. The minimum atomic E-state index is -3.82. The van der Waals surface area contributed by atoms with E-state index < -0.39 is 15.8 Å². The van der Waals surface area contributed by atoms with Crippen LogP contribution in [0.25, 0.3) is 0 Å². The van der Waals surface area contributed by atoms with Crippen LogP contribution >= 0.6 is 0 Å². The van der Waals surface area contributed by atoms with E-state index in [0.717, 1.165) is 12.8 Å². The Hall–Kier alpha value is -1.65. The summed E-state index contributed by atoms with van der Waals surface area (Å²) in [7, 11) is -2.49. The third kappa shape index (κ3) is 3.39. The summed E-state index contributed by atoms with van der Waals surface area (Å²) >= 11 is 0. The third-order valence-electron chi connectivity index (χ3n) is 3.77. The Bertz CT molecular complexity index is 693. The lowest BCUT2D eigenvalue weighted by Gasteiger charge is -2.22. The van der Waals surface area contributed by atoms with Crippen LogP contribution < -0.4 is 4.74 Å². The standard InChI is InChI=1S/C15H19FN2O3S/c1-11-14(7-6-13(21-2)15(11)16)22(19,20)18(9-3-8-17)10-12-4-5-12/h6-7,12H,3-5,9-10H2,1-2H3. The van der Waals surface area contributed by atoms with E-state index in [1.165, 1.54) is 30.5 Å². The van der Waals surface area contributed by atoms with Gasteiger partial charge in [0.2, 0.25) is 10.0 Å². The fraction of sp³-hybridized carbons (Fsp3) is 0.533. The molecule has 0 aromatic heterocycles. The summed E-state index contributed by atoms with van der Waals surface area (Å²) in [6.45, 7) is 1.93. The van der Waals surface area contributed by atoms with E-state index in [2.05, 4.69) is 0 Å². The minimum absolute atomic E-state index is 0.0159. The zero-order valence-corrected chi connectivity index (χ0v) is 13.5. The molecule has 0 saturated heterocycles. The Balaban J connectivity index is 2.38. The zero-order chi connectivity index (χ0) is 16.3. The summed E-state index contributed by atoms with van der Waals surface area (Å²) in [5.74, 6) is -0.311. The van der Waals surface area contributed by atoms with Gasteiger partial charge in [0, 0.05) is 25.1 Å². The molecule has 1 fully saturated rings. The molecule has 2 rings (SSSR count). The molecule has 1 aromatic carbocycles. The van der Waals surface area contributed by atoms with Crippen LogP contribution in [0, 0.1) is 30.0 Å². The van der Waals surface area contributed by atoms with Gasteiger partial charge in [0.05, 0.1) is 18.1 Å². The molecule has 0 atom stereocenters. The van der Waals surface area contributed by atoms with Crippen molar-refractivity contribution < 1.29 is 17.5 Å². The van der Waals surface area contributed by atoms with Gasteiger partial charge in [-0.3, -0.25) is 0 Å². The van der Waals surface area contributed by atoms with Crippen molar-refractivity contribution in [2.45, 2.75) is 31.1 Å². The molecule has 1 aliphatic rings. The number of halogens is 1. The Morgan fingerprint density at radius 2 is 2.14 bits per heavy atom. The first-order valence-corrected chi connectivity index (χ1v) is 8.56. The first kappa shape index (κ1) is 16.7. The lowest BCUT2D eigenvalue weighted by atomic mass is 10.2. The molecule has 0 spiro atoms. The molecule has 22 heavy (non-hydrogen) atoms. The second-order valence-corrected chi connectivity index (χ2v) is 7.33. The maximum atomic E-state index is 14.1. The van der Waals surface area contributed by atoms with E-state index in [-0.39, 0.29) is 29.2 Å². The van der Waals surface area contributed by atoms with Gasteiger partial charge in [0.15, 0.2) is 11.6 Å². The van der Waals surface area contributed by atoms with Crippen LogP contribution in [0.15, 0.2) is 17.0 Å². The molecular weight excluding hydrogens is 307 g/mol. The van der Waals surface area contributed by atoms with E-state index >= 15 is 0 Å². The van der Waals surface area contributed by atoms with Crippen LogP contribution in [-0.4, -0.2) is 32.9 Å². The maximum absolute atomic E-state index is 14.1. The number of nitriles is 1. The normalized spacial score (nSPS) is 14.9. The molecule has 0 bridgehead atoms. The molecule has 0 heterocycles. The number of nitrogens with zero attached hydrogens (tertiary/aromatic N) is 2. The van der Waals surface area contributed by atoms with Gasteiger partial charge in [-0.05, 0) is 37.8 Å². The minimum Gasteiger partial charge on any atom is -0.494 e. The fourth-order valence-electron chi connectivity index (χ4n) is 2.29. The van der Waals surface area contributed by atoms with Crippen LogP contribution in [0.2, 0.25) is 0 Å². The van der Waals surface area contributed by atoms with Crippen LogP contribution in [0.3, 0.4) is 0 Å². The molecule has 7 heteroatoms. The van der Waals surface area contributed by atoms with Crippen molar-refractivity contribution in [2.24, 2.45) is 5.92 Å². The summed E-state index contributed by atoms with van der Waals surface area (Å²) in [5, 5.41) is 8.72. The van der Waals surface area contributed by atoms with Crippen LogP contribution in [0.1, 0.15) is 24.8 Å². The number of hydrogen-bond acceptors (Lipinski definition) is 4. The number of rotatable bonds is 7. The highest BCUT2D eigenvalue weighted by atomic mass is 32.2. The second-order valence-electron chi connectivity index (χ2n) is 5.42. The van der Waals surface area contributed by atoms with E-state index in [0.29, 0.717) is 12.5 Å². The molecule has 0 N–H and O–H groups in total. The summed E-state index contributed by atoms with van der Waals surface area (Å²) in [6, 6.07) is 4.63. The lowest BCUT2D eigenvalue weighted by molar-refractivity contribution is 0.382. The number of sulfonamides is 1. The molecule has 1 aliphatic carbocycles. The van der Waals surface area contributed by atoms with Crippen molar-refractivity contribution in [3.8, 4) is 11.8 Å². The quantitative estimate of drug-likeness (QED) is 0.772. The highest BCUT2D eigenvalue weighted by Gasteiger charge is 2.33. The molecule has 120 valence electrons. The Morgan fingerprint density at radius 1 is 1.45 bits per heavy atom. The number of methoxy groups -OCH3 is 1. The summed E-state index contributed by atoms with van der Waals surface area (Å²) < 4.78 is 45.8. The van der Waals surface area contributed by atoms with E-state index in [1.807, 2.05) is 6.07 Å². The monoisotopic (exact) mass is 326 g/mol. The largest absolute Gasteiger partial charge is 0.494 e. The Labute approximate surface area is 130 Å². The number of hydrogen-bond donors (Lipinski definition) is 0. The molecule has 5 nitrogen and oxygen atoms in total. The van der Waals surface area contributed by atoms with Crippen molar-refractivity contribution in [2.75, 3.05) is 20.2 Å². The number of ether oxygens (including phenoxy) is 1. The van der Waals surface area contributed by atoms with Crippen molar-refractivity contribution in [3.05, 3.63) is 23.5 Å². The summed E-state index contributed by atoms with van der Waals surface area (Å²) in [6.07, 6.45) is 2.10. The molecule has 0 radical (unpaired) electrons. The predicted octanol–water partition coefficient (Wildman–Crippen LogP) is 2.46. The van der Waals surface area contributed by atoms with Gasteiger partial charge in [-0.25, -0.2) is 12.8 Å². The first-order chi connectivity index (χ1) is 10.4. The molecule has 0 unspecified atom stereocenters. The van der Waals surface area contributed by atoms with Gasteiger partial charge in [0.25, 0.3) is 0 Å². The van der Waals surface area contributed by atoms with Gasteiger partial charge in [0.1, 0.15) is 0 Å². The molecule has 1 saturated carbocycles. The summed E-state index contributed by atoms with van der Waals surface area (Å²) in [5.41, 5.74) is 0.0390. The fourth-order valence-corrected chi connectivity index (χ4v) is 4.02. The van der Waals surface area contributed by atoms with E-state index in [9.17, 15) is 12.8 Å². The van der Waals surface area contributed by atoms with E-state index in [1.54, 1.807) is 0 Å². The third-order valence-corrected chi connectivity index (χ3v) is 5.78. The van der Waals surface area contributed by atoms with Gasteiger partial charge in [-0.2, -0.15) is 9.57 Å². The van der Waals surface area contributed by atoms with Crippen LogP contribution in [-0.2, 0) is 10.0 Å².